The molecule has 8 nitrogen and oxygen atoms in total. The highest BCUT2D eigenvalue weighted by Crippen LogP contribution is 2.32. The van der Waals surface area contributed by atoms with Crippen molar-refractivity contribution in [2.75, 3.05) is 44.2 Å². The van der Waals surface area contributed by atoms with E-state index in [0.29, 0.717) is 62.0 Å². The highest BCUT2D eigenvalue weighted by atomic mass is 19.1. The first kappa shape index (κ1) is 22.8. The van der Waals surface area contributed by atoms with Gasteiger partial charge in [-0.15, -0.1) is 0 Å². The summed E-state index contributed by atoms with van der Waals surface area (Å²) in [6.45, 7) is 6.95. The standard InChI is InChI=1S/C24H28FN5O3/c1-17(2)33-16-4-11-30-22(31)20(18-5-7-19(25)8-6-18)21(23(30)32)28-12-14-29(15-13-28)24-26-9-3-10-27-24/h3,5-10,17H,4,11-16H2,1-2H3. The smallest absolute Gasteiger partial charge is 0.277 e. The summed E-state index contributed by atoms with van der Waals surface area (Å²) >= 11 is 0. The second-order valence-electron chi connectivity index (χ2n) is 8.29. The zero-order valence-electron chi connectivity index (χ0n) is 18.9. The lowest BCUT2D eigenvalue weighted by atomic mass is 10.0. The fourth-order valence-corrected chi connectivity index (χ4v) is 4.06. The molecule has 0 saturated carbocycles. The Labute approximate surface area is 192 Å². The minimum atomic E-state index is -0.392. The van der Waals surface area contributed by atoms with Crippen molar-refractivity contribution in [2.24, 2.45) is 0 Å². The minimum Gasteiger partial charge on any atom is -0.379 e. The third-order valence-electron chi connectivity index (χ3n) is 5.68. The Morgan fingerprint density at radius 1 is 0.970 bits per heavy atom. The molecule has 1 aromatic carbocycles. The van der Waals surface area contributed by atoms with Gasteiger partial charge in [-0.1, -0.05) is 12.1 Å². The first-order valence-corrected chi connectivity index (χ1v) is 11.2. The van der Waals surface area contributed by atoms with Gasteiger partial charge in [0.15, 0.2) is 0 Å². The lowest BCUT2D eigenvalue weighted by molar-refractivity contribution is -0.137. The van der Waals surface area contributed by atoms with E-state index in [9.17, 15) is 14.0 Å². The van der Waals surface area contributed by atoms with E-state index in [0.717, 1.165) is 0 Å². The van der Waals surface area contributed by atoms with Crippen LogP contribution in [0.25, 0.3) is 5.57 Å². The first-order valence-electron chi connectivity index (χ1n) is 11.2. The minimum absolute atomic E-state index is 0.0864. The number of benzene rings is 1. The van der Waals surface area contributed by atoms with Crippen molar-refractivity contribution in [3.05, 3.63) is 59.8 Å². The van der Waals surface area contributed by atoms with Crippen LogP contribution in [0.15, 0.2) is 48.4 Å². The summed E-state index contributed by atoms with van der Waals surface area (Å²) < 4.78 is 19.1. The van der Waals surface area contributed by atoms with Gasteiger partial charge in [-0.3, -0.25) is 14.5 Å². The predicted octanol–water partition coefficient (Wildman–Crippen LogP) is 2.33. The van der Waals surface area contributed by atoms with E-state index in [1.807, 2.05) is 18.7 Å². The van der Waals surface area contributed by atoms with Crippen molar-refractivity contribution >= 4 is 23.3 Å². The Balaban J connectivity index is 1.56. The fraction of sp³-hybridized carbons (Fsp3) is 0.417. The van der Waals surface area contributed by atoms with Gasteiger partial charge in [0, 0.05) is 51.7 Å². The molecule has 0 atom stereocenters. The molecule has 0 radical (unpaired) electrons. The van der Waals surface area contributed by atoms with E-state index in [-0.39, 0.29) is 24.5 Å². The fourth-order valence-electron chi connectivity index (χ4n) is 4.06. The molecule has 9 heteroatoms. The number of carbonyl (C=O) groups excluding carboxylic acids is 2. The zero-order valence-corrected chi connectivity index (χ0v) is 18.9. The summed E-state index contributed by atoms with van der Waals surface area (Å²) in [5, 5.41) is 0. The Morgan fingerprint density at radius 3 is 2.24 bits per heavy atom. The lowest BCUT2D eigenvalue weighted by Crippen LogP contribution is -2.48. The molecule has 33 heavy (non-hydrogen) atoms. The molecule has 174 valence electrons. The number of aromatic nitrogens is 2. The molecule has 1 fully saturated rings. The third-order valence-corrected chi connectivity index (χ3v) is 5.68. The SMILES string of the molecule is CC(C)OCCCN1C(=O)C(c2ccc(F)cc2)=C(N2CCN(c3ncccn3)CC2)C1=O. The Morgan fingerprint density at radius 2 is 1.61 bits per heavy atom. The molecule has 0 spiro atoms. The second kappa shape index (κ2) is 10.1. The van der Waals surface area contributed by atoms with Crippen LogP contribution in [0.2, 0.25) is 0 Å². The van der Waals surface area contributed by atoms with Gasteiger partial charge in [0.2, 0.25) is 5.95 Å². The number of nitrogens with zero attached hydrogens (tertiary/aromatic N) is 5. The predicted molar refractivity (Wildman–Crippen MR) is 122 cm³/mol. The molecule has 1 aromatic heterocycles. The van der Waals surface area contributed by atoms with Crippen LogP contribution < -0.4 is 4.90 Å². The van der Waals surface area contributed by atoms with Crippen molar-refractivity contribution in [2.45, 2.75) is 26.4 Å². The normalized spacial score (nSPS) is 17.0. The summed E-state index contributed by atoms with van der Waals surface area (Å²) in [7, 11) is 0. The number of imide groups is 1. The summed E-state index contributed by atoms with van der Waals surface area (Å²) in [5.74, 6) is -0.407. The molecule has 1 saturated heterocycles. The van der Waals surface area contributed by atoms with Crippen LogP contribution in [0.5, 0.6) is 0 Å². The summed E-state index contributed by atoms with van der Waals surface area (Å²) in [5.41, 5.74) is 1.25. The van der Waals surface area contributed by atoms with Gasteiger partial charge in [0.25, 0.3) is 11.8 Å². The summed E-state index contributed by atoms with van der Waals surface area (Å²) in [4.78, 5) is 40.6. The maximum atomic E-state index is 13.5. The number of halogens is 1. The topological polar surface area (TPSA) is 78.9 Å². The van der Waals surface area contributed by atoms with Crippen molar-refractivity contribution in [1.82, 2.24) is 19.8 Å². The van der Waals surface area contributed by atoms with Gasteiger partial charge in [-0.05, 0) is 44.0 Å². The van der Waals surface area contributed by atoms with Gasteiger partial charge in [0.1, 0.15) is 11.5 Å². The van der Waals surface area contributed by atoms with Crippen LogP contribution in [-0.4, -0.2) is 77.0 Å². The molecule has 4 rings (SSSR count). The number of anilines is 1. The van der Waals surface area contributed by atoms with E-state index in [1.165, 1.54) is 17.0 Å². The van der Waals surface area contributed by atoms with Crippen LogP contribution in [0.1, 0.15) is 25.8 Å². The highest BCUT2D eigenvalue weighted by molar-refractivity contribution is 6.35. The quantitative estimate of drug-likeness (QED) is 0.448. The number of ether oxygens (including phenoxy) is 1. The summed E-state index contributed by atoms with van der Waals surface area (Å²) in [6, 6.07) is 7.48. The molecular formula is C24H28FN5O3. The highest BCUT2D eigenvalue weighted by Gasteiger charge is 2.42. The van der Waals surface area contributed by atoms with Crippen LogP contribution in [0.4, 0.5) is 10.3 Å². The maximum absolute atomic E-state index is 13.5. The van der Waals surface area contributed by atoms with Crippen LogP contribution in [-0.2, 0) is 14.3 Å². The second-order valence-corrected chi connectivity index (χ2v) is 8.29. The van der Waals surface area contributed by atoms with E-state index in [1.54, 1.807) is 30.6 Å². The Kier molecular flexibility index (Phi) is 6.98. The molecule has 2 aromatic rings. The molecule has 2 amide bonds. The summed E-state index contributed by atoms with van der Waals surface area (Å²) in [6.07, 6.45) is 4.04. The van der Waals surface area contributed by atoms with Crippen LogP contribution >= 0.6 is 0 Å². The average molecular weight is 454 g/mol. The van der Waals surface area contributed by atoms with E-state index >= 15 is 0 Å². The van der Waals surface area contributed by atoms with Gasteiger partial charge in [-0.2, -0.15) is 0 Å². The number of hydrogen-bond acceptors (Lipinski definition) is 7. The average Bonchev–Trinajstić information content (AvgIpc) is 3.07. The van der Waals surface area contributed by atoms with E-state index in [2.05, 4.69) is 14.9 Å². The molecular weight excluding hydrogens is 425 g/mol. The first-order chi connectivity index (χ1) is 16.0. The van der Waals surface area contributed by atoms with Crippen molar-refractivity contribution < 1.29 is 18.7 Å². The molecule has 3 heterocycles. The Hall–Kier alpha value is -3.33. The monoisotopic (exact) mass is 453 g/mol. The van der Waals surface area contributed by atoms with Crippen molar-refractivity contribution in [3.63, 3.8) is 0 Å². The lowest BCUT2D eigenvalue weighted by Gasteiger charge is -2.36. The zero-order chi connectivity index (χ0) is 23.4. The third kappa shape index (κ3) is 5.03. The van der Waals surface area contributed by atoms with Gasteiger partial charge in [-0.25, -0.2) is 14.4 Å². The molecule has 2 aliphatic heterocycles. The largest absolute Gasteiger partial charge is 0.379 e. The molecule has 2 aliphatic rings. The number of hydrogen-bond donors (Lipinski definition) is 0. The molecule has 0 unspecified atom stereocenters. The number of amides is 2. The van der Waals surface area contributed by atoms with Crippen molar-refractivity contribution in [1.29, 1.82) is 0 Å². The molecule has 0 aliphatic carbocycles. The van der Waals surface area contributed by atoms with Crippen molar-refractivity contribution in [3.8, 4) is 0 Å². The number of carbonyl (C=O) groups is 2. The molecule has 0 bridgehead atoms. The molecule has 0 N–H and O–H groups in total. The van der Waals surface area contributed by atoms with Gasteiger partial charge >= 0.3 is 0 Å². The van der Waals surface area contributed by atoms with Crippen LogP contribution in [0, 0.1) is 5.82 Å². The van der Waals surface area contributed by atoms with Gasteiger partial charge in [0.05, 0.1) is 11.7 Å². The number of piperazine rings is 1. The maximum Gasteiger partial charge on any atom is 0.277 e. The van der Waals surface area contributed by atoms with E-state index < -0.39 is 5.82 Å². The number of rotatable bonds is 8. The van der Waals surface area contributed by atoms with Gasteiger partial charge < -0.3 is 14.5 Å². The van der Waals surface area contributed by atoms with Crippen LogP contribution in [0.3, 0.4) is 0 Å². The Bertz CT molecular complexity index is 1020. The van der Waals surface area contributed by atoms with E-state index in [4.69, 9.17) is 4.74 Å².